The van der Waals surface area contributed by atoms with E-state index in [4.69, 9.17) is 6.57 Å². The molecule has 0 amide bonds. The fourth-order valence-corrected chi connectivity index (χ4v) is 8.76. The van der Waals surface area contributed by atoms with Crippen LogP contribution in [0.25, 0.3) is 82.1 Å². The minimum absolute atomic E-state index is 0.208. The maximum atomic E-state index is 10.5. The Labute approximate surface area is 295 Å². The first kappa shape index (κ1) is 29.1. The van der Waals surface area contributed by atoms with Crippen molar-refractivity contribution in [3.8, 4) is 39.7 Å². The number of rotatable bonds is 3. The summed E-state index contributed by atoms with van der Waals surface area (Å²) in [4.78, 5) is 4.06. The van der Waals surface area contributed by atoms with Crippen LogP contribution in [0, 0.1) is 17.9 Å². The van der Waals surface area contributed by atoms with Crippen molar-refractivity contribution in [1.29, 1.82) is 5.26 Å². The van der Waals surface area contributed by atoms with Crippen LogP contribution in [-0.2, 0) is 5.41 Å². The lowest BCUT2D eigenvalue weighted by atomic mass is 9.81. The fourth-order valence-electron chi connectivity index (χ4n) is 8.76. The molecule has 0 saturated carbocycles. The summed E-state index contributed by atoms with van der Waals surface area (Å²) in [5.74, 6) is 0. The van der Waals surface area contributed by atoms with Gasteiger partial charge in [0.05, 0.1) is 40.3 Å². The van der Waals surface area contributed by atoms with Crippen molar-refractivity contribution in [2.24, 2.45) is 0 Å². The van der Waals surface area contributed by atoms with Gasteiger partial charge in [0.25, 0.3) is 0 Å². The molecule has 1 aliphatic rings. The lowest BCUT2D eigenvalue weighted by molar-refractivity contribution is 0.664. The van der Waals surface area contributed by atoms with Gasteiger partial charge in [0.2, 0.25) is 0 Å². The second kappa shape index (κ2) is 10.6. The molecule has 0 atom stereocenters. The van der Waals surface area contributed by atoms with Gasteiger partial charge >= 0.3 is 0 Å². The first-order chi connectivity index (χ1) is 25.0. The van der Waals surface area contributed by atoms with Gasteiger partial charge in [-0.3, -0.25) is 0 Å². The molecule has 238 valence electrons. The van der Waals surface area contributed by atoms with Gasteiger partial charge in [-0.05, 0) is 75.8 Å². The highest BCUT2D eigenvalue weighted by atomic mass is 15.0. The van der Waals surface area contributed by atoms with Crippen LogP contribution in [0.4, 0.5) is 5.69 Å². The van der Waals surface area contributed by atoms with Gasteiger partial charge in [0.1, 0.15) is 0 Å². The number of fused-ring (bicyclic) bond motifs is 10. The SMILES string of the molecule is [C-]#[N+]c1cc(-n2c3ccccc3c3ccc4c(c32)C(C)(C)c2ccccc2-4)ccc1-c1ccc(-n2c3ccccc3c3ccccc32)cc1C#N. The van der Waals surface area contributed by atoms with Crippen molar-refractivity contribution in [1.82, 2.24) is 9.13 Å². The summed E-state index contributed by atoms with van der Waals surface area (Å²) in [5, 5.41) is 15.2. The minimum Gasteiger partial charge on any atom is -0.310 e. The monoisotopic (exact) mass is 650 g/mol. The summed E-state index contributed by atoms with van der Waals surface area (Å²) >= 11 is 0. The number of hydrogen-bond acceptors (Lipinski definition) is 1. The molecule has 2 aromatic heterocycles. The van der Waals surface area contributed by atoms with E-state index in [-0.39, 0.29) is 5.41 Å². The zero-order chi connectivity index (χ0) is 34.4. The van der Waals surface area contributed by atoms with Crippen LogP contribution in [0.2, 0.25) is 0 Å². The van der Waals surface area contributed by atoms with E-state index >= 15 is 0 Å². The summed E-state index contributed by atoms with van der Waals surface area (Å²) in [5.41, 5.74) is 13.8. The zero-order valence-corrected chi connectivity index (χ0v) is 28.1. The third-order valence-corrected chi connectivity index (χ3v) is 11.0. The lowest BCUT2D eigenvalue weighted by Crippen LogP contribution is -2.16. The topological polar surface area (TPSA) is 38.0 Å². The molecule has 0 spiro atoms. The van der Waals surface area contributed by atoms with Crippen molar-refractivity contribution in [2.75, 3.05) is 0 Å². The molecule has 2 heterocycles. The molecule has 0 aliphatic heterocycles. The maximum absolute atomic E-state index is 10.5. The van der Waals surface area contributed by atoms with Crippen LogP contribution in [0.15, 0.2) is 146 Å². The largest absolute Gasteiger partial charge is 0.310 e. The van der Waals surface area contributed by atoms with Gasteiger partial charge in [-0.1, -0.05) is 117 Å². The van der Waals surface area contributed by atoms with Crippen molar-refractivity contribution >= 4 is 49.3 Å². The number of hydrogen-bond donors (Lipinski definition) is 0. The summed E-state index contributed by atoms with van der Waals surface area (Å²) in [7, 11) is 0. The Balaban J connectivity index is 1.17. The van der Waals surface area contributed by atoms with E-state index in [1.807, 2.05) is 36.4 Å². The van der Waals surface area contributed by atoms with Crippen LogP contribution in [0.5, 0.6) is 0 Å². The van der Waals surface area contributed by atoms with E-state index in [9.17, 15) is 5.26 Å². The van der Waals surface area contributed by atoms with Crippen molar-refractivity contribution in [3.05, 3.63) is 174 Å². The molecule has 0 N–H and O–H groups in total. The molecule has 0 radical (unpaired) electrons. The van der Waals surface area contributed by atoms with Crippen LogP contribution < -0.4 is 0 Å². The quantitative estimate of drug-likeness (QED) is 0.175. The Morgan fingerprint density at radius 1 is 0.549 bits per heavy atom. The predicted molar refractivity (Wildman–Crippen MR) is 209 cm³/mol. The Morgan fingerprint density at radius 3 is 1.76 bits per heavy atom. The van der Waals surface area contributed by atoms with Gasteiger partial charge in [0.15, 0.2) is 5.69 Å². The highest BCUT2D eigenvalue weighted by Gasteiger charge is 2.38. The Bertz CT molecular complexity index is 2980. The average Bonchev–Trinajstić information content (AvgIpc) is 3.78. The van der Waals surface area contributed by atoms with E-state index < -0.39 is 0 Å². The number of nitrogens with zero attached hydrogens (tertiary/aromatic N) is 4. The number of aromatic nitrogens is 2. The molecular formula is C47H30N4. The molecule has 1 aliphatic carbocycles. The van der Waals surface area contributed by atoms with Crippen molar-refractivity contribution < 1.29 is 0 Å². The Hall–Kier alpha value is -6.88. The summed E-state index contributed by atoms with van der Waals surface area (Å²) in [6.45, 7) is 13.0. The van der Waals surface area contributed by atoms with Gasteiger partial charge < -0.3 is 9.13 Å². The second-order valence-corrected chi connectivity index (χ2v) is 13.9. The van der Waals surface area contributed by atoms with Crippen LogP contribution >= 0.6 is 0 Å². The van der Waals surface area contributed by atoms with Gasteiger partial charge in [-0.25, -0.2) is 4.85 Å². The fraction of sp³-hybridized carbons (Fsp3) is 0.0638. The molecule has 7 aromatic carbocycles. The summed E-state index contributed by atoms with van der Waals surface area (Å²) in [6.07, 6.45) is 0. The summed E-state index contributed by atoms with van der Waals surface area (Å²) in [6, 6.07) is 53.1. The Morgan fingerprint density at radius 2 is 1.10 bits per heavy atom. The molecule has 0 bridgehead atoms. The smallest absolute Gasteiger partial charge is 0.197 e. The van der Waals surface area contributed by atoms with E-state index in [0.29, 0.717) is 11.3 Å². The number of para-hydroxylation sites is 3. The van der Waals surface area contributed by atoms with E-state index in [1.165, 1.54) is 49.3 Å². The van der Waals surface area contributed by atoms with Crippen LogP contribution in [-0.4, -0.2) is 9.13 Å². The number of nitriles is 1. The lowest BCUT2D eigenvalue weighted by Gasteiger charge is -2.24. The second-order valence-electron chi connectivity index (χ2n) is 13.9. The van der Waals surface area contributed by atoms with Crippen molar-refractivity contribution in [2.45, 2.75) is 19.3 Å². The normalized spacial score (nSPS) is 13.0. The summed E-state index contributed by atoms with van der Waals surface area (Å²) < 4.78 is 4.56. The minimum atomic E-state index is -0.208. The third-order valence-electron chi connectivity index (χ3n) is 11.0. The van der Waals surface area contributed by atoms with E-state index in [1.54, 1.807) is 0 Å². The van der Waals surface area contributed by atoms with Crippen LogP contribution in [0.3, 0.4) is 0 Å². The first-order valence-electron chi connectivity index (χ1n) is 17.2. The van der Waals surface area contributed by atoms with E-state index in [0.717, 1.165) is 39.1 Å². The molecular weight excluding hydrogens is 621 g/mol. The predicted octanol–water partition coefficient (Wildman–Crippen LogP) is 12.3. The molecule has 0 fully saturated rings. The highest BCUT2D eigenvalue weighted by molar-refractivity contribution is 6.13. The number of benzene rings is 7. The standard InChI is InChI=1S/C47H30N4/c1-47(2)40-16-8-4-12-33(40)38-24-25-39-37-15-7-11-19-44(37)51(46(39)45(38)47)31-21-23-34(41(27-31)49-3)32-22-20-30(26-29(32)28-48)50-42-17-9-5-13-35(42)36-14-6-10-18-43(36)50/h4-27H,1-2H3. The maximum Gasteiger partial charge on any atom is 0.197 e. The first-order valence-corrected chi connectivity index (χ1v) is 17.2. The van der Waals surface area contributed by atoms with Gasteiger partial charge in [0, 0.05) is 38.3 Å². The molecule has 9 aromatic rings. The van der Waals surface area contributed by atoms with E-state index in [2.05, 4.69) is 143 Å². The molecule has 0 unspecified atom stereocenters. The van der Waals surface area contributed by atoms with Crippen molar-refractivity contribution in [3.63, 3.8) is 0 Å². The molecule has 10 rings (SSSR count). The molecule has 51 heavy (non-hydrogen) atoms. The molecule has 4 heteroatoms. The van der Waals surface area contributed by atoms with Gasteiger partial charge in [-0.15, -0.1) is 0 Å². The van der Waals surface area contributed by atoms with Gasteiger partial charge in [-0.2, -0.15) is 5.26 Å². The highest BCUT2D eigenvalue weighted by Crippen LogP contribution is 2.53. The third kappa shape index (κ3) is 3.93. The average molecular weight is 651 g/mol. The Kier molecular flexibility index (Phi) is 6.02. The molecule has 0 saturated heterocycles. The zero-order valence-electron chi connectivity index (χ0n) is 28.1. The van der Waals surface area contributed by atoms with Crippen LogP contribution in [0.1, 0.15) is 30.5 Å². The molecule has 4 nitrogen and oxygen atoms in total.